The molecule has 7 nitrogen and oxygen atoms in total. The van der Waals surface area contributed by atoms with Crippen molar-refractivity contribution in [3.8, 4) is 0 Å². The van der Waals surface area contributed by atoms with E-state index in [4.69, 9.17) is 11.6 Å². The summed E-state index contributed by atoms with van der Waals surface area (Å²) in [7, 11) is 0. The standard InChI is InChI=1S/C21H16ClN5O2.ClH/c22-16-5-7-17(8-6-16)23-20(28)14-26-11-9-15(10-12-26)13-27-21(29)18-3-1-2-4-19(18)24-25-27;/h1-12H,13-14H2;1H. The van der Waals surface area contributed by atoms with Crippen molar-refractivity contribution in [2.24, 2.45) is 0 Å². The first-order valence-electron chi connectivity index (χ1n) is 8.94. The normalized spacial score (nSPS) is 10.4. The molecule has 1 N–H and O–H groups in total. The Morgan fingerprint density at radius 3 is 2.47 bits per heavy atom. The largest absolute Gasteiger partial charge is 1.00 e. The third-order valence-corrected chi connectivity index (χ3v) is 4.63. The van der Waals surface area contributed by atoms with Gasteiger partial charge in [-0.3, -0.25) is 9.59 Å². The second kappa shape index (κ2) is 9.47. The third-order valence-electron chi connectivity index (χ3n) is 4.38. The number of hydrogen-bond donors (Lipinski definition) is 1. The number of rotatable bonds is 5. The van der Waals surface area contributed by atoms with Gasteiger partial charge < -0.3 is 17.7 Å². The fraction of sp³-hybridized carbons (Fsp3) is 0.0952. The molecule has 9 heteroatoms. The Labute approximate surface area is 183 Å². The van der Waals surface area contributed by atoms with E-state index in [0.717, 1.165) is 5.56 Å². The molecule has 0 bridgehead atoms. The van der Waals surface area contributed by atoms with Crippen LogP contribution in [0.15, 0.2) is 77.9 Å². The van der Waals surface area contributed by atoms with Gasteiger partial charge in [0.1, 0.15) is 5.52 Å². The second-order valence-electron chi connectivity index (χ2n) is 6.50. The minimum atomic E-state index is -0.185. The van der Waals surface area contributed by atoms with Gasteiger partial charge in [0.25, 0.3) is 11.5 Å². The average Bonchev–Trinajstić information content (AvgIpc) is 2.73. The van der Waals surface area contributed by atoms with Crippen LogP contribution in [0.3, 0.4) is 0 Å². The number of fused-ring (bicyclic) bond motifs is 1. The molecule has 0 radical (unpaired) electrons. The number of anilines is 1. The predicted octanol–water partition coefficient (Wildman–Crippen LogP) is -0.577. The lowest BCUT2D eigenvalue weighted by Crippen LogP contribution is -3.00. The predicted molar refractivity (Wildman–Crippen MR) is 110 cm³/mol. The molecule has 0 spiro atoms. The molecule has 2 aromatic heterocycles. The lowest BCUT2D eigenvalue weighted by molar-refractivity contribution is -0.684. The number of nitrogens with zero attached hydrogens (tertiary/aromatic N) is 4. The molecule has 0 saturated heterocycles. The van der Waals surface area contributed by atoms with Gasteiger partial charge >= 0.3 is 0 Å². The SMILES string of the molecule is O=C(C[n+]1ccc(Cn2nnc3ccccc3c2=O)cc1)Nc1ccc(Cl)cc1.[Cl-]. The van der Waals surface area contributed by atoms with Crippen molar-refractivity contribution in [2.75, 3.05) is 5.32 Å². The van der Waals surface area contributed by atoms with Crippen LogP contribution >= 0.6 is 11.6 Å². The molecule has 30 heavy (non-hydrogen) atoms. The Hall–Kier alpha value is -3.29. The van der Waals surface area contributed by atoms with E-state index in [9.17, 15) is 9.59 Å². The number of pyridine rings is 1. The first kappa shape index (κ1) is 21.4. The van der Waals surface area contributed by atoms with E-state index in [2.05, 4.69) is 15.6 Å². The van der Waals surface area contributed by atoms with Crippen LogP contribution in [-0.4, -0.2) is 20.9 Å². The molecule has 0 atom stereocenters. The summed E-state index contributed by atoms with van der Waals surface area (Å²) in [6, 6.07) is 17.7. The van der Waals surface area contributed by atoms with Crippen LogP contribution in [0.1, 0.15) is 5.56 Å². The smallest absolute Gasteiger partial charge is 0.290 e. The second-order valence-corrected chi connectivity index (χ2v) is 6.94. The maximum atomic E-state index is 12.5. The molecule has 2 heterocycles. The van der Waals surface area contributed by atoms with Crippen molar-refractivity contribution in [2.45, 2.75) is 13.1 Å². The van der Waals surface area contributed by atoms with Crippen LogP contribution in [0.5, 0.6) is 0 Å². The van der Waals surface area contributed by atoms with Gasteiger partial charge in [0, 0.05) is 22.8 Å². The Morgan fingerprint density at radius 1 is 1.03 bits per heavy atom. The number of hydrogen-bond acceptors (Lipinski definition) is 4. The van der Waals surface area contributed by atoms with Crippen LogP contribution in [-0.2, 0) is 17.9 Å². The van der Waals surface area contributed by atoms with E-state index in [1.165, 1.54) is 4.68 Å². The van der Waals surface area contributed by atoms with E-state index in [1.54, 1.807) is 59.4 Å². The molecule has 152 valence electrons. The molecule has 0 fully saturated rings. The van der Waals surface area contributed by atoms with Crippen LogP contribution in [0.4, 0.5) is 5.69 Å². The highest BCUT2D eigenvalue weighted by Gasteiger charge is 2.11. The first-order chi connectivity index (χ1) is 14.1. The van der Waals surface area contributed by atoms with Gasteiger partial charge in [-0.2, -0.15) is 4.57 Å². The maximum absolute atomic E-state index is 12.5. The van der Waals surface area contributed by atoms with Crippen LogP contribution in [0, 0.1) is 0 Å². The van der Waals surface area contributed by atoms with Crippen molar-refractivity contribution >= 4 is 34.1 Å². The molecular weight excluding hydrogens is 425 g/mol. The maximum Gasteiger partial charge on any atom is 0.290 e. The molecular formula is C21H17Cl2N5O2. The highest BCUT2D eigenvalue weighted by molar-refractivity contribution is 6.30. The van der Waals surface area contributed by atoms with Gasteiger partial charge in [0.05, 0.1) is 11.9 Å². The Bertz CT molecular complexity index is 1220. The van der Waals surface area contributed by atoms with Gasteiger partial charge in [-0.05, 0) is 42.0 Å². The fourth-order valence-corrected chi connectivity index (χ4v) is 3.02. The van der Waals surface area contributed by atoms with E-state index in [-0.39, 0.29) is 30.4 Å². The summed E-state index contributed by atoms with van der Waals surface area (Å²) in [5, 5.41) is 12.0. The minimum Gasteiger partial charge on any atom is -1.00 e. The molecule has 0 aliphatic heterocycles. The number of halogens is 2. The molecule has 0 aliphatic rings. The quantitative estimate of drug-likeness (QED) is 0.420. The van der Waals surface area contributed by atoms with Crippen LogP contribution in [0.25, 0.3) is 10.9 Å². The molecule has 0 saturated carbocycles. The van der Waals surface area contributed by atoms with E-state index < -0.39 is 0 Å². The molecule has 1 amide bonds. The van der Waals surface area contributed by atoms with Gasteiger partial charge in [0.15, 0.2) is 12.4 Å². The van der Waals surface area contributed by atoms with Crippen molar-refractivity contribution in [1.82, 2.24) is 15.0 Å². The summed E-state index contributed by atoms with van der Waals surface area (Å²) in [6.07, 6.45) is 3.58. The van der Waals surface area contributed by atoms with E-state index in [0.29, 0.717) is 28.2 Å². The number of nitrogens with one attached hydrogen (secondary N) is 1. The molecule has 0 unspecified atom stereocenters. The Morgan fingerprint density at radius 2 is 1.73 bits per heavy atom. The van der Waals surface area contributed by atoms with Crippen LogP contribution in [0.2, 0.25) is 5.02 Å². The zero-order valence-electron chi connectivity index (χ0n) is 15.7. The van der Waals surface area contributed by atoms with Crippen molar-refractivity contribution < 1.29 is 21.8 Å². The monoisotopic (exact) mass is 441 g/mol. The van der Waals surface area contributed by atoms with Crippen molar-refractivity contribution in [3.63, 3.8) is 0 Å². The van der Waals surface area contributed by atoms with E-state index >= 15 is 0 Å². The fourth-order valence-electron chi connectivity index (χ4n) is 2.90. The number of benzene rings is 2. The molecule has 4 rings (SSSR count). The van der Waals surface area contributed by atoms with Crippen LogP contribution < -0.4 is 27.9 Å². The average molecular weight is 442 g/mol. The van der Waals surface area contributed by atoms with Gasteiger partial charge in [0.2, 0.25) is 6.54 Å². The number of aromatic nitrogens is 4. The molecule has 0 aliphatic carbocycles. The molecule has 2 aromatic carbocycles. The van der Waals surface area contributed by atoms with Gasteiger partial charge in [-0.1, -0.05) is 28.9 Å². The highest BCUT2D eigenvalue weighted by Crippen LogP contribution is 2.13. The van der Waals surface area contributed by atoms with E-state index in [1.807, 2.05) is 18.2 Å². The summed E-state index contributed by atoms with van der Waals surface area (Å²) in [5.41, 5.74) is 1.96. The summed E-state index contributed by atoms with van der Waals surface area (Å²) in [5.74, 6) is -0.151. The minimum absolute atomic E-state index is 0. The Balaban J connectivity index is 0.00000256. The summed E-state index contributed by atoms with van der Waals surface area (Å²) < 4.78 is 3.08. The Kier molecular flexibility index (Phi) is 6.76. The number of carbonyl (C=O) groups is 1. The lowest BCUT2D eigenvalue weighted by Gasteiger charge is -2.05. The summed E-state index contributed by atoms with van der Waals surface area (Å²) in [4.78, 5) is 24.7. The third kappa shape index (κ3) is 5.00. The van der Waals surface area contributed by atoms with Crippen molar-refractivity contribution in [3.05, 3.63) is 94.0 Å². The lowest BCUT2D eigenvalue weighted by atomic mass is 10.2. The molecule has 4 aromatic rings. The number of carbonyl (C=O) groups excluding carboxylic acids is 1. The van der Waals surface area contributed by atoms with Crippen molar-refractivity contribution in [1.29, 1.82) is 0 Å². The van der Waals surface area contributed by atoms with Gasteiger partial charge in [-0.15, -0.1) is 5.10 Å². The zero-order chi connectivity index (χ0) is 20.2. The highest BCUT2D eigenvalue weighted by atomic mass is 35.5. The zero-order valence-corrected chi connectivity index (χ0v) is 17.2. The topological polar surface area (TPSA) is 80.8 Å². The van der Waals surface area contributed by atoms with Gasteiger partial charge in [-0.25, -0.2) is 4.68 Å². The number of amides is 1. The first-order valence-corrected chi connectivity index (χ1v) is 9.32. The summed E-state index contributed by atoms with van der Waals surface area (Å²) >= 11 is 5.84. The summed E-state index contributed by atoms with van der Waals surface area (Å²) in [6.45, 7) is 0.465.